The molecule has 1 heterocycles. The van der Waals surface area contributed by atoms with Crippen LogP contribution in [0.1, 0.15) is 35.9 Å². The molecule has 0 saturated carbocycles. The van der Waals surface area contributed by atoms with Crippen LogP contribution < -0.4 is 5.32 Å². The summed E-state index contributed by atoms with van der Waals surface area (Å²) in [5, 5.41) is 33.5. The van der Waals surface area contributed by atoms with Crippen LogP contribution in [0.15, 0.2) is 35.7 Å². The Labute approximate surface area is 126 Å². The van der Waals surface area contributed by atoms with Crippen molar-refractivity contribution in [2.75, 3.05) is 0 Å². The van der Waals surface area contributed by atoms with Crippen LogP contribution in [-0.2, 0) is 4.79 Å². The van der Waals surface area contributed by atoms with Crippen LogP contribution in [-0.4, -0.2) is 21.3 Å². The van der Waals surface area contributed by atoms with Crippen molar-refractivity contribution in [3.05, 3.63) is 46.2 Å². The summed E-state index contributed by atoms with van der Waals surface area (Å²) < 4.78 is 0. The van der Waals surface area contributed by atoms with Gasteiger partial charge in [0.2, 0.25) is 0 Å². The Morgan fingerprint density at radius 3 is 2.71 bits per heavy atom. The van der Waals surface area contributed by atoms with Gasteiger partial charge >= 0.3 is 5.97 Å². The van der Waals surface area contributed by atoms with E-state index in [0.717, 1.165) is 4.88 Å². The fraction of sp³-hybridized carbons (Fsp3) is 0.267. The monoisotopic (exact) mass is 307 g/mol. The minimum absolute atomic E-state index is 0.0512. The zero-order chi connectivity index (χ0) is 15.4. The predicted molar refractivity (Wildman–Crippen MR) is 80.6 cm³/mol. The van der Waals surface area contributed by atoms with Crippen LogP contribution in [0, 0.1) is 0 Å². The molecule has 0 radical (unpaired) electrons. The number of carbonyl (C=O) groups is 1. The maximum atomic E-state index is 11.0. The molecule has 2 unspecified atom stereocenters. The molecule has 0 aliphatic rings. The molecule has 0 spiro atoms. The van der Waals surface area contributed by atoms with E-state index in [9.17, 15) is 15.0 Å². The minimum atomic E-state index is -0.895. The normalized spacial score (nSPS) is 13.8. The summed E-state index contributed by atoms with van der Waals surface area (Å²) in [5.41, 5.74) is 0.530. The lowest BCUT2D eigenvalue weighted by atomic mass is 10.0. The molecule has 5 nitrogen and oxygen atoms in total. The lowest BCUT2D eigenvalue weighted by Crippen LogP contribution is -2.26. The van der Waals surface area contributed by atoms with Gasteiger partial charge in [-0.15, -0.1) is 11.3 Å². The molecule has 0 aliphatic carbocycles. The number of aliphatic carboxylic acids is 1. The van der Waals surface area contributed by atoms with Gasteiger partial charge < -0.3 is 20.6 Å². The Bertz CT molecular complexity index is 612. The molecule has 0 saturated heterocycles. The summed E-state index contributed by atoms with van der Waals surface area (Å²) in [6.45, 7) is 1.82. The van der Waals surface area contributed by atoms with Crippen LogP contribution in [0.5, 0.6) is 11.5 Å². The Morgan fingerprint density at radius 1 is 1.33 bits per heavy atom. The van der Waals surface area contributed by atoms with Crippen LogP contribution in [0.3, 0.4) is 0 Å². The van der Waals surface area contributed by atoms with E-state index in [0.29, 0.717) is 5.56 Å². The van der Waals surface area contributed by atoms with Gasteiger partial charge in [0.1, 0.15) is 11.5 Å². The van der Waals surface area contributed by atoms with E-state index in [4.69, 9.17) is 5.11 Å². The molecule has 21 heavy (non-hydrogen) atoms. The number of hydrogen-bond donors (Lipinski definition) is 4. The highest BCUT2D eigenvalue weighted by atomic mass is 32.1. The molecular formula is C15H17NO4S. The summed E-state index contributed by atoms with van der Waals surface area (Å²) in [6.07, 6.45) is -0.0512. The molecule has 0 amide bonds. The fourth-order valence-corrected chi connectivity index (χ4v) is 2.97. The number of benzene rings is 1. The molecule has 0 aliphatic heterocycles. The summed E-state index contributed by atoms with van der Waals surface area (Å²) in [5.74, 6) is -0.774. The van der Waals surface area contributed by atoms with E-state index in [-0.39, 0.29) is 30.0 Å². The van der Waals surface area contributed by atoms with Crippen molar-refractivity contribution in [3.63, 3.8) is 0 Å². The van der Waals surface area contributed by atoms with Crippen LogP contribution >= 0.6 is 11.3 Å². The second-order valence-corrected chi connectivity index (χ2v) is 5.78. The molecule has 2 atom stereocenters. The Kier molecular flexibility index (Phi) is 4.82. The molecular weight excluding hydrogens is 290 g/mol. The molecule has 1 aromatic carbocycles. The highest BCUT2D eigenvalue weighted by Gasteiger charge is 2.21. The van der Waals surface area contributed by atoms with Crippen molar-refractivity contribution in [2.24, 2.45) is 0 Å². The second kappa shape index (κ2) is 6.60. The zero-order valence-corrected chi connectivity index (χ0v) is 12.3. The fourth-order valence-electron chi connectivity index (χ4n) is 2.19. The maximum absolute atomic E-state index is 11.0. The topological polar surface area (TPSA) is 89.8 Å². The highest BCUT2D eigenvalue weighted by molar-refractivity contribution is 7.10. The Hall–Kier alpha value is -2.05. The molecule has 4 N–H and O–H groups in total. The van der Waals surface area contributed by atoms with Gasteiger partial charge in [0, 0.05) is 16.5 Å². The number of aromatic hydroxyl groups is 2. The molecule has 2 aromatic rings. The second-order valence-electron chi connectivity index (χ2n) is 4.80. The summed E-state index contributed by atoms with van der Waals surface area (Å²) in [4.78, 5) is 11.9. The average molecular weight is 307 g/mol. The third-order valence-corrected chi connectivity index (χ3v) is 4.18. The van der Waals surface area contributed by atoms with Crippen molar-refractivity contribution >= 4 is 17.3 Å². The van der Waals surface area contributed by atoms with Gasteiger partial charge in [-0.1, -0.05) is 6.07 Å². The molecule has 0 fully saturated rings. The van der Waals surface area contributed by atoms with E-state index in [1.54, 1.807) is 0 Å². The number of carboxylic acids is 1. The van der Waals surface area contributed by atoms with E-state index < -0.39 is 5.97 Å². The first-order valence-electron chi connectivity index (χ1n) is 6.50. The number of phenolic OH excluding ortho intramolecular Hbond substituents is 2. The van der Waals surface area contributed by atoms with Gasteiger partial charge in [-0.05, 0) is 36.6 Å². The predicted octanol–water partition coefficient (Wildman–Crippen LogP) is 3.03. The van der Waals surface area contributed by atoms with Gasteiger partial charge in [-0.25, -0.2) is 0 Å². The van der Waals surface area contributed by atoms with Crippen molar-refractivity contribution in [3.8, 4) is 11.5 Å². The lowest BCUT2D eigenvalue weighted by Gasteiger charge is -2.22. The quantitative estimate of drug-likeness (QED) is 0.616. The van der Waals surface area contributed by atoms with Gasteiger partial charge in [0.25, 0.3) is 0 Å². The zero-order valence-electron chi connectivity index (χ0n) is 11.5. The first kappa shape index (κ1) is 15.3. The van der Waals surface area contributed by atoms with Crippen LogP contribution in [0.4, 0.5) is 0 Å². The maximum Gasteiger partial charge on any atom is 0.305 e. The Morgan fingerprint density at radius 2 is 2.10 bits per heavy atom. The van der Waals surface area contributed by atoms with Crippen LogP contribution in [0.25, 0.3) is 0 Å². The summed E-state index contributed by atoms with van der Waals surface area (Å²) in [7, 11) is 0. The van der Waals surface area contributed by atoms with Crippen molar-refractivity contribution in [2.45, 2.75) is 25.4 Å². The molecule has 0 bridgehead atoms. The standard InChI is InChI=1S/C15H17NO4S/c1-9(11-7-10(17)4-5-13(11)18)16-12(8-15(19)20)14-3-2-6-21-14/h2-7,9,12,16-18H,8H2,1H3,(H,19,20). The average Bonchev–Trinajstić information content (AvgIpc) is 2.94. The number of rotatable bonds is 6. The summed E-state index contributed by atoms with van der Waals surface area (Å²) in [6, 6.07) is 7.38. The number of carboxylic acid groups (broad SMARTS) is 1. The SMILES string of the molecule is CC(NC(CC(=O)O)c1cccs1)c1cc(O)ccc1O. The van der Waals surface area contributed by atoms with E-state index in [2.05, 4.69) is 5.32 Å². The van der Waals surface area contributed by atoms with Crippen molar-refractivity contribution in [1.82, 2.24) is 5.32 Å². The lowest BCUT2D eigenvalue weighted by molar-refractivity contribution is -0.137. The first-order chi connectivity index (χ1) is 9.97. The van der Waals surface area contributed by atoms with Gasteiger partial charge in [0.15, 0.2) is 0 Å². The first-order valence-corrected chi connectivity index (χ1v) is 7.38. The van der Waals surface area contributed by atoms with E-state index >= 15 is 0 Å². The van der Waals surface area contributed by atoms with E-state index in [1.807, 2.05) is 24.4 Å². The van der Waals surface area contributed by atoms with Crippen molar-refractivity contribution < 1.29 is 20.1 Å². The number of hydrogen-bond acceptors (Lipinski definition) is 5. The van der Waals surface area contributed by atoms with Crippen molar-refractivity contribution in [1.29, 1.82) is 0 Å². The number of phenols is 2. The molecule has 112 valence electrons. The number of thiophene rings is 1. The molecule has 1 aromatic heterocycles. The van der Waals surface area contributed by atoms with Gasteiger partial charge in [-0.3, -0.25) is 4.79 Å². The Balaban J connectivity index is 2.19. The smallest absolute Gasteiger partial charge is 0.305 e. The van der Waals surface area contributed by atoms with E-state index in [1.165, 1.54) is 29.5 Å². The van der Waals surface area contributed by atoms with Crippen LogP contribution in [0.2, 0.25) is 0 Å². The van der Waals surface area contributed by atoms with Gasteiger partial charge in [0.05, 0.1) is 12.5 Å². The highest BCUT2D eigenvalue weighted by Crippen LogP contribution is 2.31. The largest absolute Gasteiger partial charge is 0.508 e. The molecule has 6 heteroatoms. The summed E-state index contributed by atoms with van der Waals surface area (Å²) >= 11 is 1.48. The van der Waals surface area contributed by atoms with Gasteiger partial charge in [-0.2, -0.15) is 0 Å². The third kappa shape index (κ3) is 3.96. The molecule has 2 rings (SSSR count). The number of nitrogens with one attached hydrogen (secondary N) is 1. The third-order valence-electron chi connectivity index (χ3n) is 3.19. The minimum Gasteiger partial charge on any atom is -0.508 e.